The molecule has 0 spiro atoms. The van der Waals surface area contributed by atoms with Crippen LogP contribution in [0.15, 0.2) is 36.5 Å². The van der Waals surface area contributed by atoms with Gasteiger partial charge in [-0.2, -0.15) is 5.10 Å². The van der Waals surface area contributed by atoms with Gasteiger partial charge in [0.15, 0.2) is 0 Å². The van der Waals surface area contributed by atoms with Crippen molar-refractivity contribution in [2.45, 2.75) is 52.1 Å². The summed E-state index contributed by atoms with van der Waals surface area (Å²) < 4.78 is 0. The van der Waals surface area contributed by atoms with E-state index >= 15 is 0 Å². The molecular weight excluding hydrogens is 260 g/mol. The van der Waals surface area contributed by atoms with Gasteiger partial charge in [0.05, 0.1) is 18.0 Å². The fraction of sp³-hybridized carbons (Fsp3) is 0.500. The summed E-state index contributed by atoms with van der Waals surface area (Å²) in [5, 5.41) is 17.7. The minimum atomic E-state index is -0.444. The molecular formula is C18H26N2O. The van der Waals surface area contributed by atoms with Gasteiger partial charge in [-0.1, -0.05) is 69.9 Å². The second-order valence-corrected chi connectivity index (χ2v) is 5.73. The number of nitrogens with zero attached hydrogens (tertiary/aromatic N) is 1. The Morgan fingerprint density at radius 3 is 2.62 bits per heavy atom. The minimum absolute atomic E-state index is 0.444. The monoisotopic (exact) mass is 286 g/mol. The number of aromatic amines is 1. The predicted octanol–water partition coefficient (Wildman–Crippen LogP) is 4.72. The summed E-state index contributed by atoms with van der Waals surface area (Å²) in [4.78, 5) is 0. The molecule has 21 heavy (non-hydrogen) atoms. The predicted molar refractivity (Wildman–Crippen MR) is 86.9 cm³/mol. The lowest BCUT2D eigenvalue weighted by Crippen LogP contribution is -2.07. The number of aromatic nitrogens is 2. The van der Waals surface area contributed by atoms with Crippen molar-refractivity contribution in [3.05, 3.63) is 42.1 Å². The number of nitrogens with one attached hydrogen (secondary N) is 1. The van der Waals surface area contributed by atoms with Crippen LogP contribution in [0.4, 0.5) is 0 Å². The lowest BCUT2D eigenvalue weighted by Gasteiger charge is -2.19. The molecule has 0 amide bonds. The zero-order chi connectivity index (χ0) is 15.1. The maximum Gasteiger partial charge on any atom is 0.0829 e. The van der Waals surface area contributed by atoms with Gasteiger partial charge in [-0.15, -0.1) is 0 Å². The van der Waals surface area contributed by atoms with E-state index in [0.29, 0.717) is 5.92 Å². The van der Waals surface area contributed by atoms with Crippen LogP contribution in [0.1, 0.15) is 57.6 Å². The Labute approximate surface area is 127 Å². The Morgan fingerprint density at radius 1 is 1.19 bits per heavy atom. The van der Waals surface area contributed by atoms with Crippen molar-refractivity contribution in [1.82, 2.24) is 10.2 Å². The van der Waals surface area contributed by atoms with Crippen LogP contribution >= 0.6 is 0 Å². The molecule has 1 aromatic heterocycles. The summed E-state index contributed by atoms with van der Waals surface area (Å²) in [5.74, 6) is 0.582. The quantitative estimate of drug-likeness (QED) is 0.738. The molecule has 0 radical (unpaired) electrons. The highest BCUT2D eigenvalue weighted by Gasteiger charge is 2.19. The number of benzene rings is 1. The highest BCUT2D eigenvalue weighted by atomic mass is 16.3. The van der Waals surface area contributed by atoms with Crippen LogP contribution in [-0.4, -0.2) is 15.3 Å². The van der Waals surface area contributed by atoms with Gasteiger partial charge in [0, 0.05) is 5.56 Å². The molecule has 1 aromatic carbocycles. The molecule has 2 rings (SSSR count). The number of H-pyrrole nitrogens is 1. The number of aliphatic hydroxyl groups is 1. The molecule has 114 valence electrons. The van der Waals surface area contributed by atoms with Crippen molar-refractivity contribution in [1.29, 1.82) is 0 Å². The highest BCUT2D eigenvalue weighted by Crippen LogP contribution is 2.31. The van der Waals surface area contributed by atoms with Crippen LogP contribution in [0.5, 0.6) is 0 Å². The summed E-state index contributed by atoms with van der Waals surface area (Å²) >= 11 is 0. The third kappa shape index (κ3) is 4.18. The van der Waals surface area contributed by atoms with E-state index in [1.54, 1.807) is 6.20 Å². The van der Waals surface area contributed by atoms with Crippen molar-refractivity contribution < 1.29 is 5.11 Å². The van der Waals surface area contributed by atoms with Crippen LogP contribution < -0.4 is 0 Å². The molecule has 2 N–H and O–H groups in total. The zero-order valence-electron chi connectivity index (χ0n) is 13.0. The van der Waals surface area contributed by atoms with E-state index in [1.807, 2.05) is 30.3 Å². The second kappa shape index (κ2) is 7.99. The van der Waals surface area contributed by atoms with Crippen molar-refractivity contribution in [3.63, 3.8) is 0 Å². The first-order valence-electron chi connectivity index (χ1n) is 8.03. The highest BCUT2D eigenvalue weighted by molar-refractivity contribution is 5.62. The topological polar surface area (TPSA) is 48.9 Å². The Morgan fingerprint density at radius 2 is 1.95 bits per heavy atom. The van der Waals surface area contributed by atoms with Crippen LogP contribution in [0.25, 0.3) is 11.3 Å². The smallest absolute Gasteiger partial charge is 0.0829 e. The van der Waals surface area contributed by atoms with Crippen LogP contribution in [0.2, 0.25) is 0 Å². The zero-order valence-corrected chi connectivity index (χ0v) is 13.0. The van der Waals surface area contributed by atoms with E-state index in [-0.39, 0.29) is 0 Å². The standard InChI is InChI=1S/C18H26N2O/c1-3-5-9-14(4-2)12-17(21)16-13-19-20-18(16)15-10-7-6-8-11-15/h6-8,10-11,13-14,17,21H,3-5,9,12H2,1-2H3,(H,19,20). The third-order valence-corrected chi connectivity index (χ3v) is 4.19. The van der Waals surface area contributed by atoms with Gasteiger partial charge in [0.2, 0.25) is 0 Å². The lowest BCUT2D eigenvalue weighted by molar-refractivity contribution is 0.139. The Balaban J connectivity index is 2.10. The first-order valence-corrected chi connectivity index (χ1v) is 8.03. The van der Waals surface area contributed by atoms with Crippen LogP contribution in [0.3, 0.4) is 0 Å². The molecule has 2 aromatic rings. The van der Waals surface area contributed by atoms with Gasteiger partial charge in [-0.3, -0.25) is 5.10 Å². The van der Waals surface area contributed by atoms with E-state index in [1.165, 1.54) is 19.3 Å². The Kier molecular flexibility index (Phi) is 6.00. The first kappa shape index (κ1) is 15.8. The lowest BCUT2D eigenvalue weighted by atomic mass is 9.90. The largest absolute Gasteiger partial charge is 0.388 e. The van der Waals surface area contributed by atoms with Gasteiger partial charge in [-0.25, -0.2) is 0 Å². The molecule has 0 aliphatic heterocycles. The maximum atomic E-state index is 10.6. The number of aliphatic hydroxyl groups excluding tert-OH is 1. The molecule has 0 fully saturated rings. The second-order valence-electron chi connectivity index (χ2n) is 5.73. The molecule has 0 bridgehead atoms. The molecule has 3 heteroatoms. The Bertz CT molecular complexity index is 521. The van der Waals surface area contributed by atoms with Crippen molar-refractivity contribution in [2.75, 3.05) is 0 Å². The van der Waals surface area contributed by atoms with Gasteiger partial charge >= 0.3 is 0 Å². The summed E-state index contributed by atoms with van der Waals surface area (Å²) in [6, 6.07) is 10.1. The molecule has 0 aliphatic rings. The van der Waals surface area contributed by atoms with Gasteiger partial charge in [-0.05, 0) is 17.9 Å². The van der Waals surface area contributed by atoms with E-state index in [2.05, 4.69) is 24.0 Å². The molecule has 2 atom stereocenters. The van der Waals surface area contributed by atoms with Crippen molar-refractivity contribution >= 4 is 0 Å². The molecule has 1 heterocycles. The number of hydrogen-bond acceptors (Lipinski definition) is 2. The normalized spacial score (nSPS) is 14.0. The number of unbranched alkanes of at least 4 members (excludes halogenated alkanes) is 1. The van der Waals surface area contributed by atoms with E-state index in [4.69, 9.17) is 0 Å². The number of hydrogen-bond donors (Lipinski definition) is 2. The van der Waals surface area contributed by atoms with Crippen LogP contribution in [-0.2, 0) is 0 Å². The van der Waals surface area contributed by atoms with E-state index < -0.39 is 6.10 Å². The summed E-state index contributed by atoms with van der Waals surface area (Å²) in [6.45, 7) is 4.42. The first-order chi connectivity index (χ1) is 10.3. The van der Waals surface area contributed by atoms with Crippen molar-refractivity contribution in [3.8, 4) is 11.3 Å². The SMILES string of the molecule is CCCCC(CC)CC(O)c1cn[nH]c1-c1ccccc1. The fourth-order valence-electron chi connectivity index (χ4n) is 2.81. The third-order valence-electron chi connectivity index (χ3n) is 4.19. The van der Waals surface area contributed by atoms with E-state index in [9.17, 15) is 5.11 Å². The molecule has 0 saturated carbocycles. The summed E-state index contributed by atoms with van der Waals surface area (Å²) in [7, 11) is 0. The molecule has 0 saturated heterocycles. The van der Waals surface area contributed by atoms with Gasteiger partial charge in [0.1, 0.15) is 0 Å². The summed E-state index contributed by atoms with van der Waals surface area (Å²) in [5.41, 5.74) is 2.93. The van der Waals surface area contributed by atoms with E-state index in [0.717, 1.165) is 29.7 Å². The van der Waals surface area contributed by atoms with Gasteiger partial charge < -0.3 is 5.11 Å². The van der Waals surface area contributed by atoms with Gasteiger partial charge in [0.25, 0.3) is 0 Å². The average Bonchev–Trinajstić information content (AvgIpc) is 3.01. The number of rotatable bonds is 8. The molecule has 0 aliphatic carbocycles. The van der Waals surface area contributed by atoms with Crippen molar-refractivity contribution in [2.24, 2.45) is 5.92 Å². The Hall–Kier alpha value is -1.61. The molecule has 3 nitrogen and oxygen atoms in total. The maximum absolute atomic E-state index is 10.6. The molecule has 2 unspecified atom stereocenters. The fourth-order valence-corrected chi connectivity index (χ4v) is 2.81. The van der Waals surface area contributed by atoms with Crippen LogP contribution in [0, 0.1) is 5.92 Å². The average molecular weight is 286 g/mol. The summed E-state index contributed by atoms with van der Waals surface area (Å²) in [6.07, 6.45) is 6.91. The minimum Gasteiger partial charge on any atom is -0.388 e.